The number of piperidine rings is 1. The summed E-state index contributed by atoms with van der Waals surface area (Å²) in [4.78, 5) is 0. The lowest BCUT2D eigenvalue weighted by molar-refractivity contribution is 0.262. The Morgan fingerprint density at radius 3 is 2.80 bits per heavy atom. The Kier molecular flexibility index (Phi) is 1.91. The Labute approximate surface area is 62.4 Å². The second-order valence-corrected chi connectivity index (χ2v) is 3.54. The zero-order valence-electron chi connectivity index (χ0n) is 6.40. The molecule has 2 unspecified atom stereocenters. The fourth-order valence-corrected chi connectivity index (χ4v) is 1.98. The van der Waals surface area contributed by atoms with E-state index in [0.29, 0.717) is 0 Å². The molecule has 2 nitrogen and oxygen atoms in total. The van der Waals surface area contributed by atoms with Gasteiger partial charge in [0.2, 0.25) is 0 Å². The first-order valence-electron chi connectivity index (χ1n) is 4.39. The van der Waals surface area contributed by atoms with E-state index in [0.717, 1.165) is 12.0 Å². The number of nitrogens with one attached hydrogen (secondary N) is 2. The Morgan fingerprint density at radius 1 is 1.00 bits per heavy atom. The van der Waals surface area contributed by atoms with E-state index in [2.05, 4.69) is 10.6 Å². The number of hydrogen-bond donors (Lipinski definition) is 2. The molecule has 0 aromatic rings. The van der Waals surface area contributed by atoms with Gasteiger partial charge >= 0.3 is 0 Å². The average Bonchev–Trinajstić information content (AvgIpc) is 1.89. The Morgan fingerprint density at radius 2 is 2.00 bits per heavy atom. The van der Waals surface area contributed by atoms with E-state index in [1.54, 1.807) is 0 Å². The van der Waals surface area contributed by atoms with Crippen molar-refractivity contribution in [1.82, 2.24) is 10.6 Å². The van der Waals surface area contributed by atoms with Crippen LogP contribution >= 0.6 is 0 Å². The third-order valence-corrected chi connectivity index (χ3v) is 2.74. The molecule has 10 heavy (non-hydrogen) atoms. The van der Waals surface area contributed by atoms with E-state index in [9.17, 15) is 0 Å². The van der Waals surface area contributed by atoms with Crippen molar-refractivity contribution in [2.75, 3.05) is 19.6 Å². The van der Waals surface area contributed by atoms with Crippen molar-refractivity contribution in [3.8, 4) is 0 Å². The fourth-order valence-electron chi connectivity index (χ4n) is 1.98. The highest BCUT2D eigenvalue weighted by atomic mass is 15.0. The van der Waals surface area contributed by atoms with Crippen LogP contribution in [0.3, 0.4) is 0 Å². The van der Waals surface area contributed by atoms with Gasteiger partial charge in [-0.2, -0.15) is 0 Å². The summed E-state index contributed by atoms with van der Waals surface area (Å²) in [6.07, 6.45) is 4.22. The highest BCUT2D eigenvalue weighted by Crippen LogP contribution is 2.18. The third kappa shape index (κ3) is 1.32. The van der Waals surface area contributed by atoms with Crippen LogP contribution in [0.15, 0.2) is 0 Å². The van der Waals surface area contributed by atoms with Gasteiger partial charge in [0.25, 0.3) is 0 Å². The molecular formula is C8H16N2. The van der Waals surface area contributed by atoms with Crippen molar-refractivity contribution in [3.05, 3.63) is 0 Å². The van der Waals surface area contributed by atoms with Crippen LogP contribution in [0.25, 0.3) is 0 Å². The van der Waals surface area contributed by atoms with Crippen molar-refractivity contribution >= 4 is 0 Å². The normalized spacial score (nSPS) is 40.8. The summed E-state index contributed by atoms with van der Waals surface area (Å²) >= 11 is 0. The Balaban J connectivity index is 1.94. The van der Waals surface area contributed by atoms with E-state index in [1.165, 1.54) is 38.9 Å². The molecule has 0 aromatic carbocycles. The predicted molar refractivity (Wildman–Crippen MR) is 42.0 cm³/mol. The van der Waals surface area contributed by atoms with Gasteiger partial charge in [-0.25, -0.2) is 0 Å². The van der Waals surface area contributed by atoms with Crippen LogP contribution < -0.4 is 10.6 Å². The van der Waals surface area contributed by atoms with Gasteiger partial charge in [-0.15, -0.1) is 0 Å². The summed E-state index contributed by atoms with van der Waals surface area (Å²) in [5, 5.41) is 7.01. The molecule has 0 saturated carbocycles. The van der Waals surface area contributed by atoms with Gasteiger partial charge in [0.1, 0.15) is 0 Å². The van der Waals surface area contributed by atoms with Gasteiger partial charge in [0.15, 0.2) is 0 Å². The second kappa shape index (κ2) is 2.89. The highest BCUT2D eigenvalue weighted by molar-refractivity contribution is 4.82. The molecular weight excluding hydrogens is 124 g/mol. The van der Waals surface area contributed by atoms with Crippen molar-refractivity contribution in [2.24, 2.45) is 5.92 Å². The summed E-state index contributed by atoms with van der Waals surface area (Å²) in [5.41, 5.74) is 0. The molecule has 3 saturated heterocycles. The first-order chi connectivity index (χ1) is 4.95. The largest absolute Gasteiger partial charge is 0.315 e. The zero-order valence-corrected chi connectivity index (χ0v) is 6.40. The smallest absolute Gasteiger partial charge is 0.0192 e. The van der Waals surface area contributed by atoms with Crippen molar-refractivity contribution in [1.29, 1.82) is 0 Å². The van der Waals surface area contributed by atoms with Crippen molar-refractivity contribution < 1.29 is 0 Å². The molecule has 0 aliphatic carbocycles. The summed E-state index contributed by atoms with van der Waals surface area (Å²) < 4.78 is 0. The van der Waals surface area contributed by atoms with Crippen LogP contribution in [0.4, 0.5) is 0 Å². The van der Waals surface area contributed by atoms with Gasteiger partial charge in [-0.3, -0.25) is 0 Å². The maximum absolute atomic E-state index is 3.56. The van der Waals surface area contributed by atoms with Crippen LogP contribution in [0.2, 0.25) is 0 Å². The minimum atomic E-state index is 0.775. The maximum Gasteiger partial charge on any atom is 0.0192 e. The molecule has 2 N–H and O–H groups in total. The minimum Gasteiger partial charge on any atom is -0.315 e. The average molecular weight is 140 g/mol. The zero-order chi connectivity index (χ0) is 6.81. The van der Waals surface area contributed by atoms with E-state index in [4.69, 9.17) is 0 Å². The minimum absolute atomic E-state index is 0.775. The van der Waals surface area contributed by atoms with Gasteiger partial charge in [0.05, 0.1) is 0 Å². The molecule has 58 valence electrons. The second-order valence-electron chi connectivity index (χ2n) is 3.54. The predicted octanol–water partition coefficient (Wildman–Crippen LogP) is 0.348. The summed E-state index contributed by atoms with van der Waals surface area (Å²) in [7, 11) is 0. The molecule has 3 rings (SSSR count). The van der Waals surface area contributed by atoms with Crippen LogP contribution in [-0.2, 0) is 0 Å². The first kappa shape index (κ1) is 6.62. The maximum atomic E-state index is 3.56. The molecule has 0 aromatic heterocycles. The van der Waals surface area contributed by atoms with Gasteiger partial charge < -0.3 is 10.6 Å². The van der Waals surface area contributed by atoms with Gasteiger partial charge in [0, 0.05) is 12.6 Å². The van der Waals surface area contributed by atoms with E-state index in [1.807, 2.05) is 0 Å². The monoisotopic (exact) mass is 140 g/mol. The SMILES string of the molecule is C1CC2CCC(CN1)NC2. The highest BCUT2D eigenvalue weighted by Gasteiger charge is 2.21. The summed E-state index contributed by atoms with van der Waals surface area (Å²) in [6, 6.07) is 0.775. The molecule has 0 radical (unpaired) electrons. The van der Waals surface area contributed by atoms with Crippen molar-refractivity contribution in [3.63, 3.8) is 0 Å². The summed E-state index contributed by atoms with van der Waals surface area (Å²) in [6.45, 7) is 3.70. The topological polar surface area (TPSA) is 24.1 Å². The van der Waals surface area contributed by atoms with E-state index in [-0.39, 0.29) is 0 Å². The van der Waals surface area contributed by atoms with E-state index < -0.39 is 0 Å². The number of fused-ring (bicyclic) bond motifs is 5. The molecule has 2 bridgehead atoms. The van der Waals surface area contributed by atoms with Crippen LogP contribution in [0.5, 0.6) is 0 Å². The molecule has 3 heterocycles. The lowest BCUT2D eigenvalue weighted by Crippen LogP contribution is -2.48. The lowest BCUT2D eigenvalue weighted by Gasteiger charge is -2.33. The molecule has 2 heteroatoms. The number of hydrogen-bond acceptors (Lipinski definition) is 2. The molecule has 3 fully saturated rings. The molecule has 0 amide bonds. The van der Waals surface area contributed by atoms with Gasteiger partial charge in [-0.1, -0.05) is 0 Å². The Bertz CT molecular complexity index is 86.3. The molecule has 3 aliphatic rings. The Hall–Kier alpha value is -0.0800. The number of rotatable bonds is 0. The lowest BCUT2D eigenvalue weighted by atomic mass is 9.90. The third-order valence-electron chi connectivity index (χ3n) is 2.74. The molecule has 3 aliphatic heterocycles. The van der Waals surface area contributed by atoms with Crippen LogP contribution in [-0.4, -0.2) is 25.7 Å². The molecule has 2 atom stereocenters. The van der Waals surface area contributed by atoms with Crippen LogP contribution in [0, 0.1) is 5.92 Å². The van der Waals surface area contributed by atoms with Gasteiger partial charge in [-0.05, 0) is 38.3 Å². The summed E-state index contributed by atoms with van der Waals surface area (Å²) in [5.74, 6) is 0.962. The first-order valence-corrected chi connectivity index (χ1v) is 4.39. The standard InChI is InChI=1S/C8H16N2/c1-2-8-6-9-4-3-7(1)5-10-8/h7-10H,1-6H2. The quantitative estimate of drug-likeness (QED) is 0.507. The fraction of sp³-hybridized carbons (Fsp3) is 1.00. The molecule has 0 spiro atoms. The van der Waals surface area contributed by atoms with Crippen LogP contribution in [0.1, 0.15) is 19.3 Å². The van der Waals surface area contributed by atoms with E-state index >= 15 is 0 Å². The van der Waals surface area contributed by atoms with Crippen molar-refractivity contribution in [2.45, 2.75) is 25.3 Å².